The summed E-state index contributed by atoms with van der Waals surface area (Å²) in [5.41, 5.74) is 0. The lowest BCUT2D eigenvalue weighted by molar-refractivity contribution is -0.143. The number of aromatic nitrogens is 2. The van der Waals surface area contributed by atoms with Gasteiger partial charge in [0, 0.05) is 31.9 Å². The summed E-state index contributed by atoms with van der Waals surface area (Å²) in [6.07, 6.45) is 9.20. The Hall–Kier alpha value is -1.36. The first-order valence-electron chi connectivity index (χ1n) is 6.65. The van der Waals surface area contributed by atoms with E-state index < -0.39 is 0 Å². The van der Waals surface area contributed by atoms with Crippen LogP contribution in [0.25, 0.3) is 0 Å². The third-order valence-electron chi connectivity index (χ3n) is 2.65. The van der Waals surface area contributed by atoms with Crippen LogP contribution in [-0.2, 0) is 16.1 Å². The maximum atomic E-state index is 11.1. The molecule has 0 aromatic carbocycles. The maximum absolute atomic E-state index is 11.1. The number of imidazole rings is 1. The molecule has 0 bridgehead atoms. The Morgan fingerprint density at radius 1 is 1.33 bits per heavy atom. The molecule has 0 amide bonds. The van der Waals surface area contributed by atoms with E-state index in [4.69, 9.17) is 4.74 Å². The van der Waals surface area contributed by atoms with Crippen LogP contribution in [0, 0.1) is 0 Å². The number of nitrogens with one attached hydrogen (secondary N) is 1. The normalized spacial score (nSPS) is 10.5. The molecule has 102 valence electrons. The van der Waals surface area contributed by atoms with E-state index in [9.17, 15) is 4.79 Å². The van der Waals surface area contributed by atoms with Crippen LogP contribution in [0.4, 0.5) is 0 Å². The van der Waals surface area contributed by atoms with Crippen LogP contribution in [-0.4, -0.2) is 35.2 Å². The number of esters is 1. The van der Waals surface area contributed by atoms with Crippen molar-refractivity contribution in [1.29, 1.82) is 0 Å². The van der Waals surface area contributed by atoms with Gasteiger partial charge in [0.1, 0.15) is 0 Å². The maximum Gasteiger partial charge on any atom is 0.305 e. The summed E-state index contributed by atoms with van der Waals surface area (Å²) in [6, 6.07) is 0. The van der Waals surface area contributed by atoms with Gasteiger partial charge in [-0.1, -0.05) is 6.42 Å². The number of hydrogen-bond acceptors (Lipinski definition) is 4. The van der Waals surface area contributed by atoms with Gasteiger partial charge in [-0.15, -0.1) is 0 Å². The largest absolute Gasteiger partial charge is 0.466 e. The highest BCUT2D eigenvalue weighted by molar-refractivity contribution is 5.69. The van der Waals surface area contributed by atoms with Gasteiger partial charge >= 0.3 is 5.97 Å². The molecule has 0 aliphatic carbocycles. The van der Waals surface area contributed by atoms with Crippen LogP contribution >= 0.6 is 0 Å². The topological polar surface area (TPSA) is 56.1 Å². The highest BCUT2D eigenvalue weighted by atomic mass is 16.5. The third-order valence-corrected chi connectivity index (χ3v) is 2.65. The summed E-state index contributed by atoms with van der Waals surface area (Å²) in [5, 5.41) is 3.37. The Labute approximate surface area is 109 Å². The van der Waals surface area contributed by atoms with Crippen LogP contribution in [0.2, 0.25) is 0 Å². The van der Waals surface area contributed by atoms with E-state index in [2.05, 4.69) is 10.3 Å². The summed E-state index contributed by atoms with van der Waals surface area (Å²) < 4.78 is 6.91. The minimum atomic E-state index is -0.0782. The second-order valence-electron chi connectivity index (χ2n) is 4.17. The lowest BCUT2D eigenvalue weighted by Crippen LogP contribution is -2.20. The molecule has 18 heavy (non-hydrogen) atoms. The van der Waals surface area contributed by atoms with E-state index in [-0.39, 0.29) is 5.97 Å². The van der Waals surface area contributed by atoms with Crippen LogP contribution in [0.5, 0.6) is 0 Å². The molecule has 1 N–H and O–H groups in total. The first kappa shape index (κ1) is 14.7. The van der Waals surface area contributed by atoms with Crippen molar-refractivity contribution in [3.63, 3.8) is 0 Å². The van der Waals surface area contributed by atoms with Crippen molar-refractivity contribution < 1.29 is 9.53 Å². The summed E-state index contributed by atoms with van der Waals surface area (Å²) >= 11 is 0. The van der Waals surface area contributed by atoms with Gasteiger partial charge in [0.2, 0.25) is 0 Å². The number of rotatable bonds is 10. The van der Waals surface area contributed by atoms with Crippen LogP contribution in [0.15, 0.2) is 18.7 Å². The van der Waals surface area contributed by atoms with Crippen molar-refractivity contribution in [3.8, 4) is 0 Å². The SMILES string of the molecule is CCOC(=O)CCCCCNCCn1ccnc1. The molecule has 1 heterocycles. The number of nitrogens with zero attached hydrogens (tertiary/aromatic N) is 2. The predicted molar refractivity (Wildman–Crippen MR) is 70.2 cm³/mol. The second kappa shape index (κ2) is 9.65. The van der Waals surface area contributed by atoms with Crippen molar-refractivity contribution in [2.45, 2.75) is 39.2 Å². The zero-order valence-corrected chi connectivity index (χ0v) is 11.1. The number of carbonyl (C=O) groups excluding carboxylic acids is 1. The summed E-state index contributed by atoms with van der Waals surface area (Å²) in [4.78, 5) is 15.0. The van der Waals surface area contributed by atoms with Crippen molar-refractivity contribution in [1.82, 2.24) is 14.9 Å². The van der Waals surface area contributed by atoms with E-state index in [1.54, 1.807) is 6.20 Å². The van der Waals surface area contributed by atoms with Gasteiger partial charge in [-0.25, -0.2) is 4.98 Å². The van der Waals surface area contributed by atoms with E-state index in [0.29, 0.717) is 13.0 Å². The lowest BCUT2D eigenvalue weighted by Gasteiger charge is -2.05. The van der Waals surface area contributed by atoms with E-state index in [1.165, 1.54) is 0 Å². The summed E-state index contributed by atoms with van der Waals surface area (Å²) in [6.45, 7) is 5.21. The molecule has 0 unspecified atom stereocenters. The zero-order chi connectivity index (χ0) is 13.1. The van der Waals surface area contributed by atoms with E-state index >= 15 is 0 Å². The molecule has 1 aromatic heterocycles. The minimum absolute atomic E-state index is 0.0782. The van der Waals surface area contributed by atoms with E-state index in [0.717, 1.165) is 38.9 Å². The molecule has 0 radical (unpaired) electrons. The smallest absolute Gasteiger partial charge is 0.305 e. The van der Waals surface area contributed by atoms with Gasteiger partial charge in [-0.2, -0.15) is 0 Å². The standard InChI is InChI=1S/C13H23N3O2/c1-2-18-13(17)6-4-3-5-7-14-8-10-16-11-9-15-12-16/h9,11-12,14H,2-8,10H2,1H3. The monoisotopic (exact) mass is 253 g/mol. The summed E-state index contributed by atoms with van der Waals surface area (Å²) in [5.74, 6) is -0.0782. The van der Waals surface area contributed by atoms with Gasteiger partial charge < -0.3 is 14.6 Å². The molecule has 0 fully saturated rings. The molecule has 0 saturated carbocycles. The van der Waals surface area contributed by atoms with Crippen LogP contribution in [0.3, 0.4) is 0 Å². The van der Waals surface area contributed by atoms with Crippen molar-refractivity contribution in [3.05, 3.63) is 18.7 Å². The Kier molecular flexibility index (Phi) is 7.88. The Balaban J connectivity index is 1.83. The quantitative estimate of drug-likeness (QED) is 0.508. The molecular formula is C13H23N3O2. The summed E-state index contributed by atoms with van der Waals surface area (Å²) in [7, 11) is 0. The molecule has 0 saturated heterocycles. The molecular weight excluding hydrogens is 230 g/mol. The number of ether oxygens (including phenoxy) is 1. The average Bonchev–Trinajstić information content (AvgIpc) is 2.86. The van der Waals surface area contributed by atoms with Gasteiger partial charge in [0.05, 0.1) is 12.9 Å². The third kappa shape index (κ3) is 7.06. The molecule has 1 aromatic rings. The zero-order valence-electron chi connectivity index (χ0n) is 11.1. The molecule has 0 aliphatic heterocycles. The highest BCUT2D eigenvalue weighted by Gasteiger charge is 2.00. The Bertz CT molecular complexity index is 312. The molecule has 0 aliphatic rings. The van der Waals surface area contributed by atoms with E-state index in [1.807, 2.05) is 24.0 Å². The number of unbranched alkanes of at least 4 members (excludes halogenated alkanes) is 2. The molecule has 5 heteroatoms. The Morgan fingerprint density at radius 3 is 2.94 bits per heavy atom. The molecule has 0 atom stereocenters. The fourth-order valence-corrected chi connectivity index (χ4v) is 1.68. The van der Waals surface area contributed by atoms with Crippen molar-refractivity contribution in [2.75, 3.05) is 19.7 Å². The number of carbonyl (C=O) groups is 1. The van der Waals surface area contributed by atoms with Crippen molar-refractivity contribution in [2.24, 2.45) is 0 Å². The second-order valence-corrected chi connectivity index (χ2v) is 4.17. The minimum Gasteiger partial charge on any atom is -0.466 e. The predicted octanol–water partition coefficient (Wildman–Crippen LogP) is 1.60. The van der Waals surface area contributed by atoms with Gasteiger partial charge in [-0.3, -0.25) is 4.79 Å². The van der Waals surface area contributed by atoms with Crippen molar-refractivity contribution >= 4 is 5.97 Å². The number of hydrogen-bond donors (Lipinski definition) is 1. The fourth-order valence-electron chi connectivity index (χ4n) is 1.68. The average molecular weight is 253 g/mol. The highest BCUT2D eigenvalue weighted by Crippen LogP contribution is 2.00. The molecule has 0 spiro atoms. The molecule has 1 rings (SSSR count). The first-order chi connectivity index (χ1) is 8.83. The fraction of sp³-hybridized carbons (Fsp3) is 0.692. The van der Waals surface area contributed by atoms with Gasteiger partial charge in [-0.05, 0) is 26.3 Å². The molecule has 5 nitrogen and oxygen atoms in total. The van der Waals surface area contributed by atoms with Gasteiger partial charge in [0.15, 0.2) is 0 Å². The first-order valence-corrected chi connectivity index (χ1v) is 6.65. The Morgan fingerprint density at radius 2 is 2.22 bits per heavy atom. The lowest BCUT2D eigenvalue weighted by atomic mass is 10.2. The van der Waals surface area contributed by atoms with Gasteiger partial charge in [0.25, 0.3) is 0 Å². The van der Waals surface area contributed by atoms with Crippen LogP contribution in [0.1, 0.15) is 32.6 Å². The van der Waals surface area contributed by atoms with Crippen LogP contribution < -0.4 is 5.32 Å².